The topological polar surface area (TPSA) is 56.1 Å². The van der Waals surface area contributed by atoms with E-state index < -0.39 is 0 Å². The van der Waals surface area contributed by atoms with E-state index in [0.29, 0.717) is 13.0 Å². The Balaban J connectivity index is 1.41. The number of rotatable bonds is 4. The van der Waals surface area contributed by atoms with Crippen LogP contribution in [0.15, 0.2) is 48.5 Å². The van der Waals surface area contributed by atoms with Crippen molar-refractivity contribution in [2.75, 3.05) is 7.11 Å². The van der Waals surface area contributed by atoms with Gasteiger partial charge in [0.1, 0.15) is 11.6 Å². The molecule has 128 valence electrons. The summed E-state index contributed by atoms with van der Waals surface area (Å²) in [5, 5.41) is 3.05. The number of hydrogen-bond acceptors (Lipinski definition) is 3. The van der Waals surface area contributed by atoms with Gasteiger partial charge in [0.25, 0.3) is 0 Å². The van der Waals surface area contributed by atoms with E-state index in [9.17, 15) is 4.79 Å². The smallest absolute Gasteiger partial charge is 0.223 e. The van der Waals surface area contributed by atoms with Crippen molar-refractivity contribution in [2.24, 2.45) is 5.92 Å². The standard InChI is InChI=1S/C20H21N3O2/c1-25-16-8-6-14(7-9-16)13-21-20(24)15-10-11-23-18-5-3-2-4-17(18)22-19(23)12-15/h2-9,15H,10-13H2,1H3,(H,21,24)/t15-/m0/s1. The molecule has 0 saturated carbocycles. The summed E-state index contributed by atoms with van der Waals surface area (Å²) in [4.78, 5) is 17.2. The molecule has 1 aliphatic heterocycles. The van der Waals surface area contributed by atoms with Crippen LogP contribution in [0.4, 0.5) is 0 Å². The van der Waals surface area contributed by atoms with Crippen LogP contribution in [0.3, 0.4) is 0 Å². The highest BCUT2D eigenvalue weighted by molar-refractivity contribution is 5.80. The van der Waals surface area contributed by atoms with E-state index in [1.807, 2.05) is 42.5 Å². The number of aryl methyl sites for hydroxylation is 1. The van der Waals surface area contributed by atoms with Crippen LogP contribution in [0, 0.1) is 5.92 Å². The fourth-order valence-corrected chi connectivity index (χ4v) is 3.44. The molecule has 3 aromatic rings. The summed E-state index contributed by atoms with van der Waals surface area (Å²) < 4.78 is 7.39. The molecule has 5 heteroatoms. The lowest BCUT2D eigenvalue weighted by Crippen LogP contribution is -2.35. The highest BCUT2D eigenvalue weighted by Crippen LogP contribution is 2.25. The number of para-hydroxylation sites is 2. The maximum absolute atomic E-state index is 12.5. The third-order valence-electron chi connectivity index (χ3n) is 4.86. The van der Waals surface area contributed by atoms with Gasteiger partial charge in [0, 0.05) is 25.4 Å². The van der Waals surface area contributed by atoms with Crippen LogP contribution in [-0.4, -0.2) is 22.6 Å². The second kappa shape index (κ2) is 6.59. The summed E-state index contributed by atoms with van der Waals surface area (Å²) in [6.45, 7) is 1.38. The Kier molecular flexibility index (Phi) is 4.14. The molecule has 1 atom stereocenters. The van der Waals surface area contributed by atoms with Crippen LogP contribution in [-0.2, 0) is 24.3 Å². The van der Waals surface area contributed by atoms with E-state index in [1.165, 1.54) is 0 Å². The Morgan fingerprint density at radius 1 is 1.24 bits per heavy atom. The number of ether oxygens (including phenoxy) is 1. The van der Waals surface area contributed by atoms with Crippen LogP contribution in [0.25, 0.3) is 11.0 Å². The molecule has 1 amide bonds. The minimum absolute atomic E-state index is 0.0115. The summed E-state index contributed by atoms with van der Waals surface area (Å²) in [6, 6.07) is 15.9. The Morgan fingerprint density at radius 2 is 2.04 bits per heavy atom. The van der Waals surface area contributed by atoms with Crippen molar-refractivity contribution in [3.8, 4) is 5.75 Å². The summed E-state index contributed by atoms with van der Waals surface area (Å²) in [6.07, 6.45) is 1.55. The average Bonchev–Trinajstić information content (AvgIpc) is 3.04. The van der Waals surface area contributed by atoms with Crippen LogP contribution >= 0.6 is 0 Å². The number of amides is 1. The molecule has 0 unspecified atom stereocenters. The van der Waals surface area contributed by atoms with Gasteiger partial charge in [0.05, 0.1) is 18.1 Å². The van der Waals surface area contributed by atoms with Crippen molar-refractivity contribution in [3.05, 3.63) is 59.9 Å². The zero-order chi connectivity index (χ0) is 17.2. The van der Waals surface area contributed by atoms with Crippen molar-refractivity contribution in [1.82, 2.24) is 14.9 Å². The highest BCUT2D eigenvalue weighted by Gasteiger charge is 2.26. The SMILES string of the molecule is COc1ccc(CNC(=O)[C@H]2CCn3c(nc4ccccc43)C2)cc1. The second-order valence-electron chi connectivity index (χ2n) is 6.42. The number of methoxy groups -OCH3 is 1. The number of hydrogen-bond donors (Lipinski definition) is 1. The minimum atomic E-state index is -0.0115. The van der Waals surface area contributed by atoms with Gasteiger partial charge >= 0.3 is 0 Å². The van der Waals surface area contributed by atoms with E-state index in [4.69, 9.17) is 9.72 Å². The fourth-order valence-electron chi connectivity index (χ4n) is 3.44. The summed E-state index contributed by atoms with van der Waals surface area (Å²) >= 11 is 0. The summed E-state index contributed by atoms with van der Waals surface area (Å²) in [7, 11) is 1.65. The van der Waals surface area contributed by atoms with Gasteiger partial charge in [-0.15, -0.1) is 0 Å². The summed E-state index contributed by atoms with van der Waals surface area (Å²) in [5.41, 5.74) is 3.24. The van der Waals surface area contributed by atoms with Gasteiger partial charge in [0.2, 0.25) is 5.91 Å². The lowest BCUT2D eigenvalue weighted by Gasteiger charge is -2.23. The van der Waals surface area contributed by atoms with E-state index >= 15 is 0 Å². The van der Waals surface area contributed by atoms with Gasteiger partial charge in [-0.25, -0.2) is 4.98 Å². The van der Waals surface area contributed by atoms with Gasteiger partial charge in [-0.3, -0.25) is 4.79 Å². The molecule has 1 aromatic heterocycles. The van der Waals surface area contributed by atoms with Gasteiger partial charge in [-0.2, -0.15) is 0 Å². The number of nitrogens with zero attached hydrogens (tertiary/aromatic N) is 2. The first-order chi connectivity index (χ1) is 12.2. The molecule has 0 bridgehead atoms. The molecule has 25 heavy (non-hydrogen) atoms. The molecule has 0 saturated heterocycles. The molecule has 1 aliphatic rings. The zero-order valence-corrected chi connectivity index (χ0v) is 14.2. The molecule has 0 spiro atoms. The molecule has 4 rings (SSSR count). The lowest BCUT2D eigenvalue weighted by molar-refractivity contribution is -0.125. The normalized spacial score (nSPS) is 16.4. The van der Waals surface area contributed by atoms with Crippen molar-refractivity contribution < 1.29 is 9.53 Å². The molecule has 0 aliphatic carbocycles. The van der Waals surface area contributed by atoms with Gasteiger partial charge in [-0.1, -0.05) is 24.3 Å². The van der Waals surface area contributed by atoms with Crippen molar-refractivity contribution in [1.29, 1.82) is 0 Å². The highest BCUT2D eigenvalue weighted by atomic mass is 16.5. The minimum Gasteiger partial charge on any atom is -0.497 e. The van der Waals surface area contributed by atoms with Crippen LogP contribution in [0.2, 0.25) is 0 Å². The number of nitrogens with one attached hydrogen (secondary N) is 1. The number of aromatic nitrogens is 2. The predicted molar refractivity (Wildman–Crippen MR) is 96.4 cm³/mol. The van der Waals surface area contributed by atoms with E-state index in [-0.39, 0.29) is 11.8 Å². The van der Waals surface area contributed by atoms with Crippen LogP contribution in [0.5, 0.6) is 5.75 Å². The third-order valence-corrected chi connectivity index (χ3v) is 4.86. The molecule has 5 nitrogen and oxygen atoms in total. The maximum Gasteiger partial charge on any atom is 0.223 e. The molecule has 0 fully saturated rings. The van der Waals surface area contributed by atoms with Gasteiger partial charge < -0.3 is 14.6 Å². The molecular weight excluding hydrogens is 314 g/mol. The largest absolute Gasteiger partial charge is 0.497 e. The molecule has 1 N–H and O–H groups in total. The van der Waals surface area contributed by atoms with Gasteiger partial charge in [0.15, 0.2) is 0 Å². The number of carbonyl (C=O) groups excluding carboxylic acids is 1. The van der Waals surface area contributed by atoms with Crippen LogP contribution < -0.4 is 10.1 Å². The molecule has 0 radical (unpaired) electrons. The fraction of sp³-hybridized carbons (Fsp3) is 0.300. The van der Waals surface area contributed by atoms with E-state index in [0.717, 1.165) is 41.1 Å². The monoisotopic (exact) mass is 335 g/mol. The number of carbonyl (C=O) groups is 1. The summed E-state index contributed by atoms with van der Waals surface area (Å²) in [5.74, 6) is 1.93. The van der Waals surface area contributed by atoms with Gasteiger partial charge in [-0.05, 0) is 36.2 Å². The number of imidazole rings is 1. The average molecular weight is 335 g/mol. The first kappa shape index (κ1) is 15.7. The van der Waals surface area contributed by atoms with E-state index in [2.05, 4.69) is 16.0 Å². The first-order valence-electron chi connectivity index (χ1n) is 8.59. The van der Waals surface area contributed by atoms with Crippen LogP contribution in [0.1, 0.15) is 17.8 Å². The second-order valence-corrected chi connectivity index (χ2v) is 6.42. The van der Waals surface area contributed by atoms with Crippen molar-refractivity contribution in [3.63, 3.8) is 0 Å². The maximum atomic E-state index is 12.5. The predicted octanol–water partition coefficient (Wildman–Crippen LogP) is 2.92. The Labute approximate surface area is 146 Å². The zero-order valence-electron chi connectivity index (χ0n) is 14.2. The number of benzene rings is 2. The first-order valence-corrected chi connectivity index (χ1v) is 8.59. The number of fused-ring (bicyclic) bond motifs is 3. The Morgan fingerprint density at radius 3 is 2.84 bits per heavy atom. The lowest BCUT2D eigenvalue weighted by atomic mass is 9.96. The third kappa shape index (κ3) is 3.09. The Bertz CT molecular complexity index is 899. The van der Waals surface area contributed by atoms with Crippen molar-refractivity contribution in [2.45, 2.75) is 25.9 Å². The van der Waals surface area contributed by atoms with E-state index in [1.54, 1.807) is 7.11 Å². The Hall–Kier alpha value is -2.82. The quantitative estimate of drug-likeness (QED) is 0.797. The molecule has 2 heterocycles. The van der Waals surface area contributed by atoms with Crippen molar-refractivity contribution >= 4 is 16.9 Å². The molecule has 2 aromatic carbocycles. The molecular formula is C20H21N3O2.